The number of fused-ring (bicyclic) bond motifs is 3. The number of hydrogen-bond acceptors (Lipinski definition) is 4. The van der Waals surface area contributed by atoms with Crippen molar-refractivity contribution in [3.8, 4) is 5.75 Å². The molecule has 0 spiro atoms. The molecule has 0 radical (unpaired) electrons. The smallest absolute Gasteiger partial charge is 0.146 e. The summed E-state index contributed by atoms with van der Waals surface area (Å²) < 4.78 is 7.44. The standard InChI is InChI=1S/C15H21N3O2/c1-15(2,3)13-8-18-11(9-20-17-13)10-6-5-7-12(19-4)14(10)16-18/h5-7,13,17H,8-9H2,1-4H3. The van der Waals surface area contributed by atoms with Gasteiger partial charge < -0.3 is 4.74 Å². The number of methoxy groups -OCH3 is 1. The second-order valence-corrected chi connectivity index (χ2v) is 6.31. The maximum atomic E-state index is 5.65. The Morgan fingerprint density at radius 3 is 2.90 bits per heavy atom. The van der Waals surface area contributed by atoms with E-state index in [1.807, 2.05) is 16.8 Å². The number of rotatable bonds is 1. The third-order valence-corrected chi connectivity index (χ3v) is 3.90. The van der Waals surface area contributed by atoms with Crippen molar-refractivity contribution in [2.24, 2.45) is 5.41 Å². The van der Waals surface area contributed by atoms with Crippen LogP contribution in [0.4, 0.5) is 0 Å². The van der Waals surface area contributed by atoms with Crippen molar-refractivity contribution < 1.29 is 9.57 Å². The molecule has 3 rings (SSSR count). The lowest BCUT2D eigenvalue weighted by molar-refractivity contribution is -0.0164. The van der Waals surface area contributed by atoms with E-state index in [-0.39, 0.29) is 11.5 Å². The molecule has 2 aromatic rings. The van der Waals surface area contributed by atoms with E-state index in [9.17, 15) is 0 Å². The van der Waals surface area contributed by atoms with Crippen molar-refractivity contribution in [2.45, 2.75) is 40.0 Å². The van der Waals surface area contributed by atoms with E-state index in [4.69, 9.17) is 14.7 Å². The van der Waals surface area contributed by atoms with Gasteiger partial charge in [0, 0.05) is 5.39 Å². The monoisotopic (exact) mass is 275 g/mol. The molecule has 1 aliphatic rings. The summed E-state index contributed by atoms with van der Waals surface area (Å²) in [5.41, 5.74) is 5.26. The molecule has 1 unspecified atom stereocenters. The molecule has 20 heavy (non-hydrogen) atoms. The number of hydroxylamine groups is 1. The number of hydrogen-bond donors (Lipinski definition) is 1. The Kier molecular flexibility index (Phi) is 3.18. The van der Waals surface area contributed by atoms with Crippen molar-refractivity contribution in [3.05, 3.63) is 23.9 Å². The lowest BCUT2D eigenvalue weighted by Gasteiger charge is -2.29. The van der Waals surface area contributed by atoms with Crippen LogP contribution in [0.2, 0.25) is 0 Å². The Balaban J connectivity index is 2.09. The molecule has 0 saturated heterocycles. The van der Waals surface area contributed by atoms with E-state index in [0.29, 0.717) is 6.61 Å². The molecule has 108 valence electrons. The number of nitrogens with zero attached hydrogens (tertiary/aromatic N) is 2. The molecule has 0 aliphatic carbocycles. The quantitative estimate of drug-likeness (QED) is 0.868. The average molecular weight is 275 g/mol. The summed E-state index contributed by atoms with van der Waals surface area (Å²) >= 11 is 0. The van der Waals surface area contributed by atoms with Crippen molar-refractivity contribution in [2.75, 3.05) is 7.11 Å². The largest absolute Gasteiger partial charge is 0.494 e. The van der Waals surface area contributed by atoms with Gasteiger partial charge in [0.1, 0.15) is 17.9 Å². The summed E-state index contributed by atoms with van der Waals surface area (Å²) in [7, 11) is 1.68. The summed E-state index contributed by atoms with van der Waals surface area (Å²) in [5.74, 6) is 0.809. The Bertz CT molecular complexity index is 628. The summed E-state index contributed by atoms with van der Waals surface area (Å²) in [6.07, 6.45) is 0. The molecule has 2 heterocycles. The predicted molar refractivity (Wildman–Crippen MR) is 77.5 cm³/mol. The zero-order valence-corrected chi connectivity index (χ0v) is 12.4. The third-order valence-electron chi connectivity index (χ3n) is 3.90. The van der Waals surface area contributed by atoms with Gasteiger partial charge in [-0.15, -0.1) is 0 Å². The topological polar surface area (TPSA) is 48.3 Å². The van der Waals surface area contributed by atoms with Crippen molar-refractivity contribution in [1.82, 2.24) is 15.3 Å². The van der Waals surface area contributed by atoms with Gasteiger partial charge in [-0.05, 0) is 11.5 Å². The van der Waals surface area contributed by atoms with E-state index in [1.54, 1.807) is 7.11 Å². The van der Waals surface area contributed by atoms with E-state index in [0.717, 1.165) is 28.9 Å². The molecule has 1 N–H and O–H groups in total. The molecule has 0 fully saturated rings. The third kappa shape index (κ3) is 2.17. The Morgan fingerprint density at radius 2 is 2.20 bits per heavy atom. The fraction of sp³-hybridized carbons (Fsp3) is 0.533. The summed E-state index contributed by atoms with van der Waals surface area (Å²) in [5, 5.41) is 5.82. The SMILES string of the molecule is COc1cccc2c3n(nc12)CC(C(C)(C)C)NOC3. The minimum atomic E-state index is 0.101. The highest BCUT2D eigenvalue weighted by atomic mass is 16.6. The second-order valence-electron chi connectivity index (χ2n) is 6.31. The summed E-state index contributed by atoms with van der Waals surface area (Å²) in [6.45, 7) is 7.89. The van der Waals surface area contributed by atoms with Crippen LogP contribution in [0.15, 0.2) is 18.2 Å². The predicted octanol–water partition coefficient (Wildman–Crippen LogP) is 2.49. The van der Waals surface area contributed by atoms with E-state index >= 15 is 0 Å². The van der Waals surface area contributed by atoms with Gasteiger partial charge in [-0.1, -0.05) is 32.9 Å². The molecule has 5 heteroatoms. The van der Waals surface area contributed by atoms with E-state index in [2.05, 4.69) is 32.3 Å². The maximum Gasteiger partial charge on any atom is 0.146 e. The van der Waals surface area contributed by atoms with Gasteiger partial charge in [0.2, 0.25) is 0 Å². The zero-order chi connectivity index (χ0) is 14.3. The fourth-order valence-electron chi connectivity index (χ4n) is 2.52. The number of benzene rings is 1. The normalized spacial score (nSPS) is 19.7. The van der Waals surface area contributed by atoms with Gasteiger partial charge in [-0.2, -0.15) is 10.6 Å². The number of aromatic nitrogens is 2. The molecular weight excluding hydrogens is 254 g/mol. The molecule has 1 atom stereocenters. The molecule has 1 aromatic carbocycles. The molecule has 0 amide bonds. The van der Waals surface area contributed by atoms with Crippen LogP contribution >= 0.6 is 0 Å². The van der Waals surface area contributed by atoms with Crippen LogP contribution in [0, 0.1) is 5.41 Å². The zero-order valence-electron chi connectivity index (χ0n) is 12.4. The molecule has 1 aromatic heterocycles. The van der Waals surface area contributed by atoms with Crippen LogP contribution in [0.3, 0.4) is 0 Å². The molecular formula is C15H21N3O2. The van der Waals surface area contributed by atoms with Crippen LogP contribution < -0.4 is 10.2 Å². The van der Waals surface area contributed by atoms with E-state index in [1.165, 1.54) is 0 Å². The molecule has 0 bridgehead atoms. The van der Waals surface area contributed by atoms with Gasteiger partial charge in [0.15, 0.2) is 0 Å². The Morgan fingerprint density at radius 1 is 1.40 bits per heavy atom. The van der Waals surface area contributed by atoms with Crippen LogP contribution in [0.1, 0.15) is 26.5 Å². The lowest BCUT2D eigenvalue weighted by Crippen LogP contribution is -2.41. The molecule has 5 nitrogen and oxygen atoms in total. The highest BCUT2D eigenvalue weighted by Gasteiger charge is 2.29. The van der Waals surface area contributed by atoms with Gasteiger partial charge >= 0.3 is 0 Å². The number of nitrogens with one attached hydrogen (secondary N) is 1. The maximum absolute atomic E-state index is 5.65. The first kappa shape index (κ1) is 13.4. The average Bonchev–Trinajstić information content (AvgIpc) is 2.61. The number of ether oxygens (including phenoxy) is 1. The minimum absolute atomic E-state index is 0.101. The van der Waals surface area contributed by atoms with Crippen LogP contribution in [-0.4, -0.2) is 22.9 Å². The van der Waals surface area contributed by atoms with Crippen LogP contribution in [0.25, 0.3) is 10.9 Å². The first-order chi connectivity index (χ1) is 9.50. The van der Waals surface area contributed by atoms with Crippen molar-refractivity contribution in [1.29, 1.82) is 0 Å². The van der Waals surface area contributed by atoms with Crippen molar-refractivity contribution >= 4 is 10.9 Å². The van der Waals surface area contributed by atoms with Gasteiger partial charge in [0.05, 0.1) is 25.4 Å². The Hall–Kier alpha value is -1.59. The van der Waals surface area contributed by atoms with Crippen LogP contribution in [0.5, 0.6) is 5.75 Å². The Labute approximate surface area is 118 Å². The van der Waals surface area contributed by atoms with Crippen molar-refractivity contribution in [3.63, 3.8) is 0 Å². The highest BCUT2D eigenvalue weighted by Crippen LogP contribution is 2.30. The molecule has 0 saturated carbocycles. The molecule has 1 aliphatic heterocycles. The van der Waals surface area contributed by atoms with Crippen LogP contribution in [-0.2, 0) is 18.0 Å². The van der Waals surface area contributed by atoms with E-state index < -0.39 is 0 Å². The summed E-state index contributed by atoms with van der Waals surface area (Å²) in [4.78, 5) is 5.65. The lowest BCUT2D eigenvalue weighted by atomic mass is 9.87. The second kappa shape index (κ2) is 4.75. The first-order valence-electron chi connectivity index (χ1n) is 6.90. The highest BCUT2D eigenvalue weighted by molar-refractivity contribution is 5.87. The fourth-order valence-corrected chi connectivity index (χ4v) is 2.52. The first-order valence-corrected chi connectivity index (χ1v) is 6.90. The van der Waals surface area contributed by atoms with Gasteiger partial charge in [-0.25, -0.2) is 0 Å². The summed E-state index contributed by atoms with van der Waals surface area (Å²) in [6, 6.07) is 6.21. The minimum Gasteiger partial charge on any atom is -0.494 e. The van der Waals surface area contributed by atoms with Gasteiger partial charge in [-0.3, -0.25) is 9.52 Å². The van der Waals surface area contributed by atoms with Gasteiger partial charge in [0.25, 0.3) is 0 Å².